The molecule has 2 aromatic carbocycles. The quantitative estimate of drug-likeness (QED) is 0.196. The fourth-order valence-corrected chi connectivity index (χ4v) is 6.23. The van der Waals surface area contributed by atoms with Crippen molar-refractivity contribution in [2.75, 3.05) is 37.8 Å². The van der Waals surface area contributed by atoms with E-state index >= 15 is 0 Å². The van der Waals surface area contributed by atoms with Crippen molar-refractivity contribution in [3.05, 3.63) is 59.4 Å². The molecule has 0 saturated carbocycles. The van der Waals surface area contributed by atoms with Crippen LogP contribution in [0.4, 0.5) is 5.69 Å². The Kier molecular flexibility index (Phi) is 8.69. The lowest BCUT2D eigenvalue weighted by Crippen LogP contribution is -2.53. The lowest BCUT2D eigenvalue weighted by atomic mass is 9.80. The number of hydrogen-bond acceptors (Lipinski definition) is 7. The molecule has 3 aromatic rings. The van der Waals surface area contributed by atoms with Gasteiger partial charge in [-0.2, -0.15) is 0 Å². The number of carboxylic acid groups (broad SMARTS) is 1. The van der Waals surface area contributed by atoms with E-state index in [1.54, 1.807) is 24.0 Å². The molecule has 1 amide bonds. The molecule has 0 bridgehead atoms. The van der Waals surface area contributed by atoms with Crippen molar-refractivity contribution >= 4 is 44.5 Å². The number of nitrogens with one attached hydrogen (secondary N) is 2. The number of nitrogens with zero attached hydrogens (tertiary/aromatic N) is 4. The van der Waals surface area contributed by atoms with E-state index in [2.05, 4.69) is 5.32 Å². The number of carbonyl (C=O) groups excluding carboxylic acids is 1. The number of rotatable bonds is 11. The number of piperidine rings is 1. The highest BCUT2D eigenvalue weighted by Crippen LogP contribution is 2.32. The number of likely N-dealkylation sites (tertiary alicyclic amines) is 1. The number of likely N-dealkylation sites (N-methyl/N-ethyl adjacent to an activating group) is 1. The number of aromatic nitrogens is 2. The minimum atomic E-state index is -4.13. The zero-order chi connectivity index (χ0) is 29.9. The summed E-state index contributed by atoms with van der Waals surface area (Å²) in [4.78, 5) is 31.7. The number of carboxylic acids is 1. The number of amidine groups is 1. The number of hydrogen-bond donors (Lipinski definition) is 4. The monoisotopic (exact) mass is 583 g/mol. The van der Waals surface area contributed by atoms with Gasteiger partial charge in [0.1, 0.15) is 11.7 Å². The Balaban J connectivity index is 1.65. The fraction of sp³-hybridized carbons (Fsp3) is 0.429. The van der Waals surface area contributed by atoms with E-state index in [0.29, 0.717) is 36.3 Å². The highest BCUT2D eigenvalue weighted by molar-refractivity contribution is 7.89. The summed E-state index contributed by atoms with van der Waals surface area (Å²) in [5.74, 6) is -1.95. The van der Waals surface area contributed by atoms with Gasteiger partial charge in [0.25, 0.3) is 0 Å². The summed E-state index contributed by atoms with van der Waals surface area (Å²) >= 11 is 0. The van der Waals surface area contributed by atoms with E-state index < -0.39 is 27.2 Å². The van der Waals surface area contributed by atoms with Crippen molar-refractivity contribution in [3.63, 3.8) is 0 Å². The highest BCUT2D eigenvalue weighted by Gasteiger charge is 2.42. The first-order valence-corrected chi connectivity index (χ1v) is 15.0. The normalized spacial score (nSPS) is 15.6. The maximum absolute atomic E-state index is 14.0. The van der Waals surface area contributed by atoms with Crippen LogP contribution in [0.25, 0.3) is 11.0 Å². The molecule has 220 valence electrons. The van der Waals surface area contributed by atoms with E-state index in [0.717, 1.165) is 40.6 Å². The molecule has 1 atom stereocenters. The molecule has 1 fully saturated rings. The maximum atomic E-state index is 14.0. The van der Waals surface area contributed by atoms with Crippen LogP contribution in [-0.4, -0.2) is 82.4 Å². The standard InChI is InChI=1S/C28H37N7O5S/c1-28(27(38)35-13-5-4-6-14-35,18-33(2)41(39,40)17-25(36)37)20-9-12-23-22(15-20)32-24(34(23)3)16-31-21-10-7-19(8-11-21)26(29)30/h7-12,15,31H,4-6,13-14,16-18H2,1-3H3,(H3,29,30)(H,36,37). The third kappa shape index (κ3) is 6.51. The van der Waals surface area contributed by atoms with Crippen molar-refractivity contribution in [2.45, 2.75) is 38.1 Å². The van der Waals surface area contributed by atoms with E-state index in [1.165, 1.54) is 7.05 Å². The lowest BCUT2D eigenvalue weighted by molar-refractivity contribution is -0.138. The SMILES string of the molecule is CN(CC(C)(C(=O)N1CCCCC1)c1ccc2c(c1)nc(CNc1ccc(C(=N)N)cc1)n2C)S(=O)(=O)CC(=O)O. The van der Waals surface area contributed by atoms with Gasteiger partial charge in [0, 0.05) is 45.0 Å². The van der Waals surface area contributed by atoms with Crippen LogP contribution in [0.3, 0.4) is 0 Å². The minimum absolute atomic E-state index is 0.000785. The zero-order valence-electron chi connectivity index (χ0n) is 23.6. The van der Waals surface area contributed by atoms with E-state index in [9.17, 15) is 18.0 Å². The first kappa shape index (κ1) is 30.0. The molecule has 1 aromatic heterocycles. The smallest absolute Gasteiger partial charge is 0.320 e. The summed E-state index contributed by atoms with van der Waals surface area (Å²) in [5.41, 5.74) is 7.85. The number of fused-ring (bicyclic) bond motifs is 1. The molecule has 4 rings (SSSR count). The molecule has 2 heterocycles. The largest absolute Gasteiger partial charge is 0.480 e. The molecular formula is C28H37N7O5S. The zero-order valence-corrected chi connectivity index (χ0v) is 24.4. The van der Waals surface area contributed by atoms with E-state index in [4.69, 9.17) is 21.2 Å². The van der Waals surface area contributed by atoms with Crippen molar-refractivity contribution in [1.29, 1.82) is 5.41 Å². The number of carbonyl (C=O) groups is 2. The summed E-state index contributed by atoms with van der Waals surface area (Å²) < 4.78 is 28.4. The molecule has 1 unspecified atom stereocenters. The first-order valence-electron chi connectivity index (χ1n) is 13.4. The average molecular weight is 584 g/mol. The van der Waals surface area contributed by atoms with Gasteiger partial charge in [0.05, 0.1) is 23.0 Å². The van der Waals surface area contributed by atoms with Crippen molar-refractivity contribution < 1.29 is 23.1 Å². The van der Waals surface area contributed by atoms with Crippen molar-refractivity contribution in [1.82, 2.24) is 18.8 Å². The van der Waals surface area contributed by atoms with Gasteiger partial charge in [-0.25, -0.2) is 17.7 Å². The number of nitrogens with two attached hydrogens (primary N) is 1. The van der Waals surface area contributed by atoms with Gasteiger partial charge in [0.15, 0.2) is 5.75 Å². The van der Waals surface area contributed by atoms with Crippen molar-refractivity contribution in [3.8, 4) is 0 Å². The first-order chi connectivity index (χ1) is 19.3. The average Bonchev–Trinajstić information content (AvgIpc) is 3.25. The molecule has 1 aliphatic heterocycles. The second-order valence-corrected chi connectivity index (χ2v) is 12.8. The number of amides is 1. The second-order valence-electron chi connectivity index (χ2n) is 10.7. The number of aliphatic carboxylic acids is 1. The molecule has 1 saturated heterocycles. The highest BCUT2D eigenvalue weighted by atomic mass is 32.2. The van der Waals surface area contributed by atoms with Crippen LogP contribution in [0.1, 0.15) is 43.1 Å². The van der Waals surface area contributed by atoms with Crippen LogP contribution in [0.5, 0.6) is 0 Å². The molecule has 12 nitrogen and oxygen atoms in total. The Bertz CT molecular complexity index is 1560. The number of imidazole rings is 1. The van der Waals surface area contributed by atoms with E-state index in [-0.39, 0.29) is 18.3 Å². The molecule has 0 spiro atoms. The van der Waals surface area contributed by atoms with Crippen molar-refractivity contribution in [2.24, 2.45) is 12.8 Å². The van der Waals surface area contributed by atoms with Gasteiger partial charge in [-0.1, -0.05) is 6.07 Å². The molecule has 41 heavy (non-hydrogen) atoms. The lowest BCUT2D eigenvalue weighted by Gasteiger charge is -2.38. The molecule has 0 radical (unpaired) electrons. The van der Waals surface area contributed by atoms with Crippen LogP contribution in [0, 0.1) is 5.41 Å². The predicted octanol–water partition coefficient (Wildman–Crippen LogP) is 2.09. The third-order valence-electron chi connectivity index (χ3n) is 7.69. The van der Waals surface area contributed by atoms with Crippen LogP contribution < -0.4 is 11.1 Å². The van der Waals surface area contributed by atoms with Crippen LogP contribution in [0.2, 0.25) is 0 Å². The second kappa shape index (κ2) is 11.9. The summed E-state index contributed by atoms with van der Waals surface area (Å²) in [6.07, 6.45) is 2.79. The number of benzene rings is 2. The summed E-state index contributed by atoms with van der Waals surface area (Å²) in [7, 11) is -0.925. The summed E-state index contributed by atoms with van der Waals surface area (Å²) in [5, 5.41) is 20.0. The van der Waals surface area contributed by atoms with Gasteiger partial charge in [0.2, 0.25) is 15.9 Å². The molecular weight excluding hydrogens is 546 g/mol. The molecule has 0 aliphatic carbocycles. The number of nitrogen functional groups attached to an aromatic ring is 1. The van der Waals surface area contributed by atoms with E-state index in [1.807, 2.05) is 41.9 Å². The Hall–Kier alpha value is -3.97. The minimum Gasteiger partial charge on any atom is -0.480 e. The Morgan fingerprint density at radius 2 is 1.80 bits per heavy atom. The Morgan fingerprint density at radius 1 is 1.15 bits per heavy atom. The number of aryl methyl sites for hydroxylation is 1. The summed E-state index contributed by atoms with van der Waals surface area (Å²) in [6, 6.07) is 12.7. The third-order valence-corrected chi connectivity index (χ3v) is 9.38. The van der Waals surface area contributed by atoms with Gasteiger partial charge >= 0.3 is 5.97 Å². The van der Waals surface area contributed by atoms with Crippen LogP contribution >= 0.6 is 0 Å². The van der Waals surface area contributed by atoms with Gasteiger partial charge < -0.3 is 25.6 Å². The fourth-order valence-electron chi connectivity index (χ4n) is 5.24. The molecule has 5 N–H and O–H groups in total. The molecule has 13 heteroatoms. The van der Waals surface area contributed by atoms with Gasteiger partial charge in [-0.3, -0.25) is 15.0 Å². The van der Waals surface area contributed by atoms with Crippen LogP contribution in [0.15, 0.2) is 42.5 Å². The molecule has 1 aliphatic rings. The predicted molar refractivity (Wildman–Crippen MR) is 157 cm³/mol. The Morgan fingerprint density at radius 3 is 2.41 bits per heavy atom. The number of anilines is 1. The maximum Gasteiger partial charge on any atom is 0.320 e. The Labute approximate surface area is 239 Å². The van der Waals surface area contributed by atoms with Gasteiger partial charge in [-0.05, 0) is 68.1 Å². The van der Waals surface area contributed by atoms with Crippen LogP contribution in [-0.2, 0) is 38.6 Å². The number of sulfonamides is 1. The summed E-state index contributed by atoms with van der Waals surface area (Å²) in [6.45, 7) is 3.11. The van der Waals surface area contributed by atoms with Gasteiger partial charge in [-0.15, -0.1) is 0 Å². The topological polar surface area (TPSA) is 175 Å².